The van der Waals surface area contributed by atoms with Crippen molar-refractivity contribution in [2.75, 3.05) is 33.9 Å². The molecule has 0 unspecified atom stereocenters. The van der Waals surface area contributed by atoms with Crippen molar-refractivity contribution in [3.8, 4) is 11.6 Å². The lowest BCUT2D eigenvalue weighted by molar-refractivity contribution is 0.191. The summed E-state index contributed by atoms with van der Waals surface area (Å²) in [4.78, 5) is 23.2. The molecule has 0 amide bonds. The van der Waals surface area contributed by atoms with Crippen LogP contribution in [-0.4, -0.2) is 59.3 Å². The summed E-state index contributed by atoms with van der Waals surface area (Å²) in [5.74, 6) is 0.204. The standard InChI is InChI=1S/C23H28FN5O3/c1-31-18-12-21-20(26-15-18)3-4-22(30)29(21)10-9-28-7-5-17(6-8-28)25-13-16-11-19(24)23(32-2)27-14-16/h3-4,11-12,14-15,17,25H,5-10,13H2,1-2H3. The minimum absolute atomic E-state index is 0.0154. The predicted octanol–water partition coefficient (Wildman–Crippen LogP) is 2.20. The highest BCUT2D eigenvalue weighted by atomic mass is 19.1. The number of pyridine rings is 3. The molecule has 1 aliphatic rings. The fourth-order valence-corrected chi connectivity index (χ4v) is 4.07. The number of halogens is 1. The van der Waals surface area contributed by atoms with Crippen molar-refractivity contribution in [2.24, 2.45) is 0 Å². The second kappa shape index (κ2) is 10.1. The zero-order chi connectivity index (χ0) is 22.5. The highest BCUT2D eigenvalue weighted by Crippen LogP contribution is 2.18. The van der Waals surface area contributed by atoms with E-state index < -0.39 is 5.82 Å². The number of hydrogen-bond acceptors (Lipinski definition) is 7. The van der Waals surface area contributed by atoms with Gasteiger partial charge in [-0.3, -0.25) is 9.78 Å². The molecule has 0 atom stereocenters. The van der Waals surface area contributed by atoms with E-state index in [9.17, 15) is 9.18 Å². The molecule has 8 nitrogen and oxygen atoms in total. The topological polar surface area (TPSA) is 81.5 Å². The zero-order valence-electron chi connectivity index (χ0n) is 18.4. The molecule has 0 aliphatic carbocycles. The maximum absolute atomic E-state index is 13.8. The molecule has 1 aliphatic heterocycles. The first-order valence-corrected chi connectivity index (χ1v) is 10.7. The zero-order valence-corrected chi connectivity index (χ0v) is 18.4. The van der Waals surface area contributed by atoms with E-state index in [1.807, 2.05) is 6.07 Å². The van der Waals surface area contributed by atoms with E-state index in [2.05, 4.69) is 20.2 Å². The van der Waals surface area contributed by atoms with Crippen molar-refractivity contribution in [3.63, 3.8) is 0 Å². The van der Waals surface area contributed by atoms with Gasteiger partial charge in [-0.1, -0.05) is 0 Å². The van der Waals surface area contributed by atoms with Crippen LogP contribution >= 0.6 is 0 Å². The fraction of sp³-hybridized carbons (Fsp3) is 0.435. The molecule has 9 heteroatoms. The number of aromatic nitrogens is 3. The van der Waals surface area contributed by atoms with Gasteiger partial charge in [-0.05, 0) is 43.6 Å². The van der Waals surface area contributed by atoms with E-state index in [1.54, 1.807) is 36.2 Å². The maximum Gasteiger partial charge on any atom is 0.251 e. The smallest absolute Gasteiger partial charge is 0.251 e. The first-order chi connectivity index (χ1) is 15.6. The van der Waals surface area contributed by atoms with Crippen molar-refractivity contribution < 1.29 is 13.9 Å². The van der Waals surface area contributed by atoms with Crippen molar-refractivity contribution in [2.45, 2.75) is 32.0 Å². The van der Waals surface area contributed by atoms with Crippen molar-refractivity contribution >= 4 is 11.0 Å². The Morgan fingerprint density at radius 1 is 1.09 bits per heavy atom. The Balaban J connectivity index is 1.30. The molecule has 1 N–H and O–H groups in total. The van der Waals surface area contributed by atoms with Crippen LogP contribution in [0.4, 0.5) is 4.39 Å². The lowest BCUT2D eigenvalue weighted by Gasteiger charge is -2.32. The van der Waals surface area contributed by atoms with Crippen LogP contribution in [0.5, 0.6) is 11.6 Å². The van der Waals surface area contributed by atoms with Crippen LogP contribution < -0.4 is 20.3 Å². The minimum atomic E-state index is -0.446. The van der Waals surface area contributed by atoms with Crippen LogP contribution in [0, 0.1) is 5.82 Å². The molecular formula is C23H28FN5O3. The molecule has 0 spiro atoms. The van der Waals surface area contributed by atoms with Crippen molar-refractivity contribution in [1.82, 2.24) is 24.8 Å². The average molecular weight is 442 g/mol. The third kappa shape index (κ3) is 5.05. The molecule has 3 aromatic heterocycles. The lowest BCUT2D eigenvalue weighted by Crippen LogP contribution is -2.43. The van der Waals surface area contributed by atoms with E-state index in [0.717, 1.165) is 49.1 Å². The van der Waals surface area contributed by atoms with Gasteiger partial charge in [0.15, 0.2) is 5.82 Å². The van der Waals surface area contributed by atoms with E-state index in [1.165, 1.54) is 13.2 Å². The Labute approximate surface area is 186 Å². The van der Waals surface area contributed by atoms with Crippen LogP contribution in [0.15, 0.2) is 41.5 Å². The van der Waals surface area contributed by atoms with Gasteiger partial charge in [0.25, 0.3) is 5.56 Å². The number of piperidine rings is 1. The van der Waals surface area contributed by atoms with Gasteiger partial charge in [-0.25, -0.2) is 9.37 Å². The molecule has 4 rings (SSSR count). The van der Waals surface area contributed by atoms with Gasteiger partial charge in [0.1, 0.15) is 5.75 Å². The number of methoxy groups -OCH3 is 2. The highest BCUT2D eigenvalue weighted by Gasteiger charge is 2.19. The second-order valence-corrected chi connectivity index (χ2v) is 7.93. The molecule has 0 saturated carbocycles. The first kappa shape index (κ1) is 22.2. The summed E-state index contributed by atoms with van der Waals surface area (Å²) in [5, 5.41) is 3.49. The summed E-state index contributed by atoms with van der Waals surface area (Å²) in [6, 6.07) is 6.99. The fourth-order valence-electron chi connectivity index (χ4n) is 4.07. The summed E-state index contributed by atoms with van der Waals surface area (Å²) in [6.07, 6.45) is 5.28. The summed E-state index contributed by atoms with van der Waals surface area (Å²) in [6.45, 7) is 3.83. The predicted molar refractivity (Wildman–Crippen MR) is 120 cm³/mol. The Morgan fingerprint density at radius 2 is 1.91 bits per heavy atom. The lowest BCUT2D eigenvalue weighted by atomic mass is 10.0. The number of ether oxygens (including phenoxy) is 2. The Morgan fingerprint density at radius 3 is 2.62 bits per heavy atom. The summed E-state index contributed by atoms with van der Waals surface area (Å²) in [7, 11) is 3.00. The van der Waals surface area contributed by atoms with Gasteiger partial charge in [-0.15, -0.1) is 0 Å². The molecule has 32 heavy (non-hydrogen) atoms. The molecule has 1 saturated heterocycles. The van der Waals surface area contributed by atoms with Crippen LogP contribution in [0.25, 0.3) is 11.0 Å². The number of nitrogens with zero attached hydrogens (tertiary/aromatic N) is 4. The van der Waals surface area contributed by atoms with Gasteiger partial charge >= 0.3 is 0 Å². The number of rotatable bonds is 8. The number of nitrogens with one attached hydrogen (secondary N) is 1. The molecule has 0 bridgehead atoms. The molecule has 3 aromatic rings. The molecule has 170 valence electrons. The van der Waals surface area contributed by atoms with Gasteiger partial charge in [0.2, 0.25) is 5.88 Å². The summed E-state index contributed by atoms with van der Waals surface area (Å²) >= 11 is 0. The Kier molecular flexibility index (Phi) is 6.96. The average Bonchev–Trinajstić information content (AvgIpc) is 2.82. The van der Waals surface area contributed by atoms with Crippen molar-refractivity contribution in [1.29, 1.82) is 0 Å². The number of fused-ring (bicyclic) bond motifs is 1. The second-order valence-electron chi connectivity index (χ2n) is 7.93. The van der Waals surface area contributed by atoms with Crippen LogP contribution in [0.3, 0.4) is 0 Å². The molecule has 4 heterocycles. The van der Waals surface area contributed by atoms with Crippen LogP contribution in [0.2, 0.25) is 0 Å². The van der Waals surface area contributed by atoms with Gasteiger partial charge in [0.05, 0.1) is 31.4 Å². The van der Waals surface area contributed by atoms with E-state index in [-0.39, 0.29) is 11.4 Å². The quantitative estimate of drug-likeness (QED) is 0.574. The Hall–Kier alpha value is -3.04. The van der Waals surface area contributed by atoms with Gasteiger partial charge < -0.3 is 24.3 Å². The molecular weight excluding hydrogens is 413 g/mol. The number of likely N-dealkylation sites (tertiary alicyclic amines) is 1. The van der Waals surface area contributed by atoms with E-state index >= 15 is 0 Å². The van der Waals surface area contributed by atoms with E-state index in [4.69, 9.17) is 9.47 Å². The monoisotopic (exact) mass is 441 g/mol. The third-order valence-corrected chi connectivity index (χ3v) is 5.93. The van der Waals surface area contributed by atoms with Crippen molar-refractivity contribution in [3.05, 3.63) is 58.4 Å². The first-order valence-electron chi connectivity index (χ1n) is 10.7. The summed E-state index contributed by atoms with van der Waals surface area (Å²) in [5.41, 5.74) is 2.32. The molecule has 0 radical (unpaired) electrons. The van der Waals surface area contributed by atoms with E-state index in [0.29, 0.717) is 24.9 Å². The van der Waals surface area contributed by atoms with Crippen LogP contribution in [-0.2, 0) is 13.1 Å². The molecule has 0 aromatic carbocycles. The highest BCUT2D eigenvalue weighted by molar-refractivity contribution is 5.75. The maximum atomic E-state index is 13.8. The number of hydrogen-bond donors (Lipinski definition) is 1. The normalized spacial score (nSPS) is 15.2. The SMILES string of the molecule is COc1cnc2ccc(=O)n(CCN3CCC(NCc4cnc(OC)c(F)c4)CC3)c2c1. The third-order valence-electron chi connectivity index (χ3n) is 5.93. The van der Waals surface area contributed by atoms with Crippen LogP contribution in [0.1, 0.15) is 18.4 Å². The Bertz CT molecular complexity index is 1130. The van der Waals surface area contributed by atoms with Gasteiger partial charge in [-0.2, -0.15) is 0 Å². The summed E-state index contributed by atoms with van der Waals surface area (Å²) < 4.78 is 25.7. The van der Waals surface area contributed by atoms with Gasteiger partial charge in [0, 0.05) is 44.0 Å². The minimum Gasteiger partial charge on any atom is -0.495 e. The molecule has 1 fully saturated rings. The largest absolute Gasteiger partial charge is 0.495 e.